The molecule has 176 valence electrons. The summed E-state index contributed by atoms with van der Waals surface area (Å²) < 4.78 is 69.2. The number of nitrogens with zero attached hydrogens (tertiary/aromatic N) is 1. The van der Waals surface area contributed by atoms with Crippen LogP contribution in [0.25, 0.3) is 0 Å². The number of alkyl halides is 4. The standard InChI is InChI=1S/C20H13Cl3F5N3O2/c21-11-2-1-8(3-15(11)29-30-18(32)10-6-14(10)24)16-7-19(33-31-16,20(26,27)28)9-4-12(22)17(25)13(23)5-9/h1-5,10,14,29H,6-7H2,(H,30,32)/t10-,14-,19-/m1/s1. The van der Waals surface area contributed by atoms with E-state index in [4.69, 9.17) is 39.6 Å². The second kappa shape index (κ2) is 8.48. The Balaban J connectivity index is 1.60. The first-order valence-corrected chi connectivity index (χ1v) is 10.5. The van der Waals surface area contributed by atoms with Crippen LogP contribution in [0.2, 0.25) is 15.1 Å². The lowest BCUT2D eigenvalue weighted by Crippen LogP contribution is -2.42. The van der Waals surface area contributed by atoms with Crippen LogP contribution >= 0.6 is 34.8 Å². The summed E-state index contributed by atoms with van der Waals surface area (Å²) in [5.41, 5.74) is 1.62. The quantitative estimate of drug-likeness (QED) is 0.277. The zero-order chi connectivity index (χ0) is 24.1. The number of benzene rings is 2. The number of carbonyl (C=O) groups is 1. The lowest BCUT2D eigenvalue weighted by molar-refractivity contribution is -0.275. The van der Waals surface area contributed by atoms with Crippen molar-refractivity contribution in [3.8, 4) is 0 Å². The average molecular weight is 529 g/mol. The molecule has 2 aromatic carbocycles. The van der Waals surface area contributed by atoms with E-state index in [0.29, 0.717) is 0 Å². The molecule has 0 bridgehead atoms. The Kier molecular flexibility index (Phi) is 6.13. The van der Waals surface area contributed by atoms with Crippen LogP contribution in [0.4, 0.5) is 27.6 Å². The monoisotopic (exact) mass is 527 g/mol. The minimum absolute atomic E-state index is 0.0963. The Hall–Kier alpha value is -2.30. The fourth-order valence-corrected chi connectivity index (χ4v) is 3.96. The van der Waals surface area contributed by atoms with Gasteiger partial charge in [-0.1, -0.05) is 46.0 Å². The number of amides is 1. The molecule has 0 aromatic heterocycles. The minimum Gasteiger partial charge on any atom is -0.374 e. The van der Waals surface area contributed by atoms with Gasteiger partial charge in [0, 0.05) is 17.5 Å². The van der Waals surface area contributed by atoms with Gasteiger partial charge in [0.05, 0.1) is 32.4 Å². The van der Waals surface area contributed by atoms with E-state index < -0.39 is 57.6 Å². The third kappa shape index (κ3) is 4.43. The molecule has 1 aliphatic heterocycles. The van der Waals surface area contributed by atoms with Crippen molar-refractivity contribution in [3.63, 3.8) is 0 Å². The Morgan fingerprint density at radius 2 is 1.76 bits per heavy atom. The highest BCUT2D eigenvalue weighted by Crippen LogP contribution is 2.50. The van der Waals surface area contributed by atoms with Crippen LogP contribution in [-0.4, -0.2) is 24.0 Å². The molecule has 2 aliphatic rings. The van der Waals surface area contributed by atoms with Crippen molar-refractivity contribution in [2.24, 2.45) is 11.1 Å². The molecule has 0 spiro atoms. The second-order valence-electron chi connectivity index (χ2n) is 7.55. The number of oxime groups is 1. The van der Waals surface area contributed by atoms with Gasteiger partial charge < -0.3 is 4.84 Å². The number of rotatable bonds is 5. The minimum atomic E-state index is -4.96. The molecule has 0 radical (unpaired) electrons. The highest BCUT2D eigenvalue weighted by Gasteiger charge is 2.62. The first-order valence-electron chi connectivity index (χ1n) is 9.39. The van der Waals surface area contributed by atoms with Crippen LogP contribution in [0.3, 0.4) is 0 Å². The summed E-state index contributed by atoms with van der Waals surface area (Å²) >= 11 is 17.5. The molecular formula is C20H13Cl3F5N3O2. The lowest BCUT2D eigenvalue weighted by atomic mass is 9.86. The third-order valence-corrected chi connectivity index (χ3v) is 6.19. The average Bonchev–Trinajstić information content (AvgIpc) is 3.29. The van der Waals surface area contributed by atoms with Gasteiger partial charge in [-0.3, -0.25) is 15.6 Å². The van der Waals surface area contributed by atoms with Gasteiger partial charge in [0.2, 0.25) is 5.91 Å². The van der Waals surface area contributed by atoms with Gasteiger partial charge in [0.15, 0.2) is 5.82 Å². The molecule has 13 heteroatoms. The molecule has 1 aliphatic carbocycles. The van der Waals surface area contributed by atoms with Crippen LogP contribution in [0.5, 0.6) is 0 Å². The van der Waals surface area contributed by atoms with Gasteiger partial charge in [0.25, 0.3) is 5.60 Å². The number of halogens is 8. The van der Waals surface area contributed by atoms with Crippen molar-refractivity contribution in [2.75, 3.05) is 5.43 Å². The van der Waals surface area contributed by atoms with Gasteiger partial charge in [0.1, 0.15) is 6.17 Å². The van der Waals surface area contributed by atoms with Gasteiger partial charge in [-0.2, -0.15) is 13.2 Å². The van der Waals surface area contributed by atoms with Crippen LogP contribution in [-0.2, 0) is 15.2 Å². The summed E-state index contributed by atoms with van der Waals surface area (Å²) in [6.45, 7) is 0. The maximum atomic E-state index is 14.1. The lowest BCUT2D eigenvalue weighted by Gasteiger charge is -2.29. The highest BCUT2D eigenvalue weighted by atomic mass is 35.5. The van der Waals surface area contributed by atoms with E-state index in [9.17, 15) is 26.7 Å². The van der Waals surface area contributed by atoms with Crippen molar-refractivity contribution in [1.82, 2.24) is 5.43 Å². The molecule has 0 unspecified atom stereocenters. The highest BCUT2D eigenvalue weighted by molar-refractivity contribution is 6.35. The van der Waals surface area contributed by atoms with E-state index in [-0.39, 0.29) is 28.4 Å². The Bertz CT molecular complexity index is 1140. The largest absolute Gasteiger partial charge is 0.435 e. The van der Waals surface area contributed by atoms with Crippen molar-refractivity contribution in [1.29, 1.82) is 0 Å². The van der Waals surface area contributed by atoms with E-state index in [1.807, 2.05) is 0 Å². The Morgan fingerprint density at radius 1 is 1.12 bits per heavy atom. The van der Waals surface area contributed by atoms with E-state index in [1.54, 1.807) is 0 Å². The van der Waals surface area contributed by atoms with Crippen LogP contribution in [0.15, 0.2) is 35.5 Å². The normalized spacial score (nSPS) is 24.2. The molecule has 2 N–H and O–H groups in total. The summed E-state index contributed by atoms with van der Waals surface area (Å²) in [5, 5.41) is 2.55. The van der Waals surface area contributed by atoms with E-state index in [2.05, 4.69) is 16.0 Å². The predicted octanol–water partition coefficient (Wildman–Crippen LogP) is 6.17. The Labute approximate surface area is 198 Å². The molecular weight excluding hydrogens is 516 g/mol. The number of hydrazine groups is 1. The molecule has 3 atom stereocenters. The maximum absolute atomic E-state index is 14.1. The van der Waals surface area contributed by atoms with Crippen LogP contribution in [0.1, 0.15) is 24.0 Å². The number of anilines is 1. The number of carbonyl (C=O) groups excluding carboxylic acids is 1. The topological polar surface area (TPSA) is 62.7 Å². The summed E-state index contributed by atoms with van der Waals surface area (Å²) in [7, 11) is 0. The fraction of sp³-hybridized carbons (Fsp3) is 0.300. The number of hydrogen-bond acceptors (Lipinski definition) is 4. The van der Waals surface area contributed by atoms with E-state index in [1.165, 1.54) is 18.2 Å². The molecule has 1 amide bonds. The first kappa shape index (κ1) is 23.8. The molecule has 1 heterocycles. The second-order valence-corrected chi connectivity index (χ2v) is 8.77. The molecule has 33 heavy (non-hydrogen) atoms. The summed E-state index contributed by atoms with van der Waals surface area (Å²) in [6, 6.07) is 5.71. The van der Waals surface area contributed by atoms with Crippen LogP contribution in [0, 0.1) is 11.7 Å². The van der Waals surface area contributed by atoms with Gasteiger partial charge >= 0.3 is 6.18 Å². The number of hydrogen-bond donors (Lipinski definition) is 2. The first-order chi connectivity index (χ1) is 15.4. The smallest absolute Gasteiger partial charge is 0.374 e. The van der Waals surface area contributed by atoms with Gasteiger partial charge in [-0.15, -0.1) is 0 Å². The van der Waals surface area contributed by atoms with Gasteiger partial charge in [-0.05, 0) is 30.7 Å². The van der Waals surface area contributed by atoms with Crippen molar-refractivity contribution < 1.29 is 31.6 Å². The molecule has 5 nitrogen and oxygen atoms in total. The van der Waals surface area contributed by atoms with E-state index >= 15 is 0 Å². The molecule has 0 saturated heterocycles. The SMILES string of the molecule is O=C(NNc1cc(C2=NO[C@](c3cc(Cl)c(F)c(Cl)c3)(C(F)(F)F)C2)ccc1Cl)[C@@H]1C[C@H]1F. The fourth-order valence-electron chi connectivity index (χ4n) is 3.30. The van der Waals surface area contributed by atoms with Crippen molar-refractivity contribution in [3.05, 3.63) is 62.3 Å². The van der Waals surface area contributed by atoms with Crippen LogP contribution < -0.4 is 10.9 Å². The maximum Gasteiger partial charge on any atom is 0.435 e. The summed E-state index contributed by atoms with van der Waals surface area (Å²) in [5.74, 6) is -2.39. The van der Waals surface area contributed by atoms with Gasteiger partial charge in [-0.25, -0.2) is 8.78 Å². The zero-order valence-corrected chi connectivity index (χ0v) is 18.5. The predicted molar refractivity (Wildman–Crippen MR) is 113 cm³/mol. The summed E-state index contributed by atoms with van der Waals surface area (Å²) in [4.78, 5) is 16.7. The number of nitrogens with one attached hydrogen (secondary N) is 2. The zero-order valence-electron chi connectivity index (χ0n) is 16.2. The Morgan fingerprint density at radius 3 is 2.33 bits per heavy atom. The van der Waals surface area contributed by atoms with Crippen molar-refractivity contribution in [2.45, 2.75) is 30.8 Å². The molecule has 1 saturated carbocycles. The van der Waals surface area contributed by atoms with E-state index in [0.717, 1.165) is 12.1 Å². The summed E-state index contributed by atoms with van der Waals surface area (Å²) in [6.07, 6.45) is -6.82. The third-order valence-electron chi connectivity index (χ3n) is 5.31. The molecule has 2 aromatic rings. The molecule has 4 rings (SSSR count). The molecule has 1 fully saturated rings. The van der Waals surface area contributed by atoms with Crippen molar-refractivity contribution >= 4 is 52.1 Å².